The number of unbranched alkanes of at least 4 members (excludes halogenated alkanes) is 3. The Hall–Kier alpha value is -2.62. The molecular weight excluding hydrogens is 492 g/mol. The quantitative estimate of drug-likeness (QED) is 0.242. The molecule has 40 heavy (non-hydrogen) atoms. The smallest absolute Gasteiger partial charge is 0.123 e. The lowest BCUT2D eigenvalue weighted by atomic mass is 9.78. The van der Waals surface area contributed by atoms with E-state index < -0.39 is 0 Å². The topological polar surface area (TPSA) is 65.2 Å². The molecule has 2 aromatic carbocycles. The fourth-order valence-electron chi connectivity index (χ4n) is 4.85. The Morgan fingerprint density at radius 1 is 0.475 bits per heavy atom. The van der Waals surface area contributed by atoms with Crippen molar-refractivity contribution in [3.05, 3.63) is 57.6 Å². The summed E-state index contributed by atoms with van der Waals surface area (Å²) in [7, 11) is 0. The molecule has 222 valence electrons. The van der Waals surface area contributed by atoms with Gasteiger partial charge in [-0.3, -0.25) is 9.98 Å². The molecule has 2 rings (SSSR count). The van der Waals surface area contributed by atoms with E-state index in [0.717, 1.165) is 72.2 Å². The van der Waals surface area contributed by atoms with Crippen molar-refractivity contribution in [2.24, 2.45) is 9.98 Å². The van der Waals surface area contributed by atoms with Crippen LogP contribution in [0.4, 0.5) is 0 Å². The monoisotopic (exact) mass is 548 g/mol. The highest BCUT2D eigenvalue weighted by molar-refractivity contribution is 5.82. The van der Waals surface area contributed by atoms with Gasteiger partial charge in [0.25, 0.3) is 0 Å². The number of hydrogen-bond acceptors (Lipinski definition) is 4. The summed E-state index contributed by atoms with van der Waals surface area (Å²) in [4.78, 5) is 9.40. The lowest BCUT2D eigenvalue weighted by Crippen LogP contribution is -2.17. The van der Waals surface area contributed by atoms with E-state index in [0.29, 0.717) is 11.5 Å². The zero-order valence-corrected chi connectivity index (χ0v) is 27.5. The van der Waals surface area contributed by atoms with Crippen LogP contribution < -0.4 is 0 Å². The van der Waals surface area contributed by atoms with Crippen molar-refractivity contribution in [1.82, 2.24) is 0 Å². The SMILES string of the molecule is CC(C)(C)c1cc(C=NCCCCCCN=Cc2cc(C(C)(C)C)c(O)c(C(C)(C)C)c2)cc(C(C)(C)C)c1O. The first-order valence-electron chi connectivity index (χ1n) is 15.0. The number of benzene rings is 2. The van der Waals surface area contributed by atoms with Gasteiger partial charge in [-0.15, -0.1) is 0 Å². The molecule has 0 saturated carbocycles. The number of phenolic OH excluding ortho intramolecular Hbond substituents is 2. The van der Waals surface area contributed by atoms with Crippen molar-refractivity contribution in [3.8, 4) is 11.5 Å². The fraction of sp³-hybridized carbons (Fsp3) is 0.611. The molecule has 0 bridgehead atoms. The van der Waals surface area contributed by atoms with Crippen LogP contribution in [0, 0.1) is 0 Å². The minimum atomic E-state index is -0.136. The maximum absolute atomic E-state index is 10.9. The molecule has 4 nitrogen and oxygen atoms in total. The van der Waals surface area contributed by atoms with Crippen LogP contribution in [-0.2, 0) is 21.7 Å². The Balaban J connectivity index is 1.91. The molecule has 2 aromatic rings. The molecule has 0 radical (unpaired) electrons. The molecule has 4 heteroatoms. The number of phenols is 2. The van der Waals surface area contributed by atoms with Crippen LogP contribution in [-0.4, -0.2) is 35.7 Å². The molecule has 2 N–H and O–H groups in total. The molecule has 0 aliphatic heterocycles. The highest BCUT2D eigenvalue weighted by Crippen LogP contribution is 2.40. The van der Waals surface area contributed by atoms with E-state index in [1.54, 1.807) is 0 Å². The molecule has 0 amide bonds. The first-order chi connectivity index (χ1) is 18.2. The third-order valence-electron chi connectivity index (χ3n) is 7.30. The molecule has 0 aromatic heterocycles. The van der Waals surface area contributed by atoms with Crippen LogP contribution in [0.1, 0.15) is 142 Å². The third kappa shape index (κ3) is 9.49. The van der Waals surface area contributed by atoms with Crippen molar-refractivity contribution >= 4 is 12.4 Å². The average Bonchev–Trinajstić information content (AvgIpc) is 2.78. The summed E-state index contributed by atoms with van der Waals surface area (Å²) in [6, 6.07) is 8.31. The maximum atomic E-state index is 10.9. The number of nitrogens with zero attached hydrogens (tertiary/aromatic N) is 2. The zero-order chi connectivity index (χ0) is 30.5. The summed E-state index contributed by atoms with van der Waals surface area (Å²) in [5.74, 6) is 0.823. The largest absolute Gasteiger partial charge is 0.507 e. The summed E-state index contributed by atoms with van der Waals surface area (Å²) < 4.78 is 0. The van der Waals surface area contributed by atoms with E-state index in [1.165, 1.54) is 0 Å². The number of aromatic hydroxyl groups is 2. The minimum absolute atomic E-state index is 0.136. The van der Waals surface area contributed by atoms with E-state index in [2.05, 4.69) is 107 Å². The van der Waals surface area contributed by atoms with Gasteiger partial charge in [-0.1, -0.05) is 95.9 Å². The average molecular weight is 549 g/mol. The van der Waals surface area contributed by atoms with Gasteiger partial charge < -0.3 is 10.2 Å². The highest BCUT2D eigenvalue weighted by atomic mass is 16.3. The van der Waals surface area contributed by atoms with Crippen LogP contribution in [0.3, 0.4) is 0 Å². The van der Waals surface area contributed by atoms with Crippen molar-refractivity contribution in [1.29, 1.82) is 0 Å². The van der Waals surface area contributed by atoms with Crippen molar-refractivity contribution in [3.63, 3.8) is 0 Å². The van der Waals surface area contributed by atoms with Crippen LogP contribution in [0.2, 0.25) is 0 Å². The van der Waals surface area contributed by atoms with Crippen LogP contribution in [0.15, 0.2) is 34.3 Å². The van der Waals surface area contributed by atoms with Crippen molar-refractivity contribution in [2.45, 2.75) is 130 Å². The first kappa shape index (κ1) is 33.6. The summed E-state index contributed by atoms with van der Waals surface area (Å²) in [5.41, 5.74) is 5.45. The van der Waals surface area contributed by atoms with Gasteiger partial charge in [0, 0.05) is 47.8 Å². The standard InChI is InChI=1S/C36H56N2O2/c1-33(2,3)27-19-25(20-28(31(27)39)34(4,5)6)23-37-17-15-13-14-16-18-38-24-26-21-29(35(7,8)9)32(40)30(22-26)36(10,11)12/h19-24,39-40H,13-18H2,1-12H3. The van der Waals surface area contributed by atoms with Gasteiger partial charge in [0.2, 0.25) is 0 Å². The maximum Gasteiger partial charge on any atom is 0.123 e. The Morgan fingerprint density at radius 3 is 0.950 bits per heavy atom. The van der Waals surface area contributed by atoms with Crippen LogP contribution >= 0.6 is 0 Å². The molecule has 0 heterocycles. The molecule has 0 aliphatic carbocycles. The molecule has 0 saturated heterocycles. The Bertz CT molecular complexity index is 1030. The van der Waals surface area contributed by atoms with Gasteiger partial charge in [-0.05, 0) is 69.9 Å². The molecular formula is C36H56N2O2. The highest BCUT2D eigenvalue weighted by Gasteiger charge is 2.27. The summed E-state index contributed by atoms with van der Waals surface area (Å²) in [5, 5.41) is 21.8. The first-order valence-corrected chi connectivity index (χ1v) is 15.0. The van der Waals surface area contributed by atoms with Gasteiger partial charge in [0.1, 0.15) is 11.5 Å². The summed E-state index contributed by atoms with van der Waals surface area (Å²) >= 11 is 0. The van der Waals surface area contributed by atoms with Crippen molar-refractivity contribution < 1.29 is 10.2 Å². The normalized spacial score (nSPS) is 13.6. The predicted octanol–water partition coefficient (Wildman–Crippen LogP) is 9.39. The molecule has 0 spiro atoms. The Labute approximate surface area is 245 Å². The van der Waals surface area contributed by atoms with E-state index in [-0.39, 0.29) is 21.7 Å². The zero-order valence-electron chi connectivity index (χ0n) is 27.5. The Kier molecular flexibility index (Phi) is 10.8. The second-order valence-corrected chi connectivity index (χ2v) is 15.4. The number of aliphatic imine (C=N–C) groups is 2. The predicted molar refractivity (Wildman–Crippen MR) is 174 cm³/mol. The molecule has 0 unspecified atom stereocenters. The van der Waals surface area contributed by atoms with Crippen LogP contribution in [0.5, 0.6) is 11.5 Å². The van der Waals surface area contributed by atoms with E-state index >= 15 is 0 Å². The molecule has 0 aliphatic rings. The number of hydrogen-bond donors (Lipinski definition) is 2. The lowest BCUT2D eigenvalue weighted by molar-refractivity contribution is 0.422. The second kappa shape index (κ2) is 12.9. The Morgan fingerprint density at radius 2 is 0.725 bits per heavy atom. The second-order valence-electron chi connectivity index (χ2n) is 15.4. The van der Waals surface area contributed by atoms with Gasteiger partial charge in [0.05, 0.1) is 0 Å². The summed E-state index contributed by atoms with van der Waals surface area (Å²) in [6.07, 6.45) is 8.29. The molecule has 0 atom stereocenters. The van der Waals surface area contributed by atoms with Crippen LogP contribution in [0.25, 0.3) is 0 Å². The summed E-state index contributed by atoms with van der Waals surface area (Å²) in [6.45, 7) is 27.2. The minimum Gasteiger partial charge on any atom is -0.507 e. The molecule has 0 fully saturated rings. The van der Waals surface area contributed by atoms with Crippen molar-refractivity contribution in [2.75, 3.05) is 13.1 Å². The van der Waals surface area contributed by atoms with E-state index in [1.807, 2.05) is 12.4 Å². The fourth-order valence-corrected chi connectivity index (χ4v) is 4.85. The lowest BCUT2D eigenvalue weighted by Gasteiger charge is -2.27. The van der Waals surface area contributed by atoms with Gasteiger partial charge >= 0.3 is 0 Å². The van der Waals surface area contributed by atoms with E-state index in [4.69, 9.17) is 9.98 Å². The number of rotatable bonds is 9. The van der Waals surface area contributed by atoms with Gasteiger partial charge in [-0.25, -0.2) is 0 Å². The van der Waals surface area contributed by atoms with Gasteiger partial charge in [-0.2, -0.15) is 0 Å². The van der Waals surface area contributed by atoms with Gasteiger partial charge in [0.15, 0.2) is 0 Å². The van der Waals surface area contributed by atoms with E-state index in [9.17, 15) is 10.2 Å². The third-order valence-corrected chi connectivity index (χ3v) is 7.30.